The Morgan fingerprint density at radius 1 is 1.00 bits per heavy atom. The van der Waals surface area contributed by atoms with Crippen LogP contribution in [0.1, 0.15) is 28.9 Å². The van der Waals surface area contributed by atoms with E-state index < -0.39 is 0 Å². The zero-order valence-electron chi connectivity index (χ0n) is 14.4. The van der Waals surface area contributed by atoms with Crippen LogP contribution in [-0.2, 0) is 6.54 Å². The third-order valence-corrected chi connectivity index (χ3v) is 4.33. The summed E-state index contributed by atoms with van der Waals surface area (Å²) in [6, 6.07) is 22.3. The van der Waals surface area contributed by atoms with Crippen LogP contribution < -0.4 is 10.2 Å². The van der Waals surface area contributed by atoms with Crippen LogP contribution in [0.25, 0.3) is 0 Å². The van der Waals surface area contributed by atoms with Gasteiger partial charge in [-0.1, -0.05) is 48.5 Å². The summed E-state index contributed by atoms with van der Waals surface area (Å²) in [6.07, 6.45) is 3.56. The third kappa shape index (κ3) is 3.88. The number of hydrogen-bond donors (Lipinski definition) is 1. The predicted octanol–water partition coefficient (Wildman–Crippen LogP) is 3.71. The number of benzene rings is 2. The molecule has 1 heterocycles. The van der Waals surface area contributed by atoms with Crippen molar-refractivity contribution in [3.05, 3.63) is 84.3 Å². The molecule has 0 atom stereocenters. The van der Waals surface area contributed by atoms with Crippen molar-refractivity contribution in [2.45, 2.75) is 25.4 Å². The normalized spacial score (nSPS) is 13.2. The van der Waals surface area contributed by atoms with E-state index in [2.05, 4.69) is 32.3 Å². The molecule has 5 heteroatoms. The highest BCUT2D eigenvalue weighted by Gasteiger charge is 2.25. The molecule has 1 N–H and O–H groups in total. The van der Waals surface area contributed by atoms with Gasteiger partial charge >= 0.3 is 0 Å². The fraction of sp³-hybridized carbons (Fsp3) is 0.190. The first-order chi connectivity index (χ1) is 12.8. The molecule has 1 aliphatic rings. The second kappa shape index (κ2) is 7.35. The van der Waals surface area contributed by atoms with Crippen LogP contribution in [0.4, 0.5) is 11.5 Å². The summed E-state index contributed by atoms with van der Waals surface area (Å²) in [6.45, 7) is 0.658. The highest BCUT2D eigenvalue weighted by Crippen LogP contribution is 2.26. The first-order valence-electron chi connectivity index (χ1n) is 8.79. The molecule has 1 amide bonds. The molecule has 0 radical (unpaired) electrons. The zero-order valence-corrected chi connectivity index (χ0v) is 14.4. The van der Waals surface area contributed by atoms with Gasteiger partial charge < -0.3 is 10.2 Å². The van der Waals surface area contributed by atoms with E-state index in [4.69, 9.17) is 0 Å². The Bertz CT molecular complexity index is 879. The van der Waals surface area contributed by atoms with Gasteiger partial charge in [-0.05, 0) is 30.5 Å². The molecule has 5 nitrogen and oxygen atoms in total. The van der Waals surface area contributed by atoms with Crippen molar-refractivity contribution in [1.29, 1.82) is 0 Å². The van der Waals surface area contributed by atoms with Crippen LogP contribution in [0.5, 0.6) is 0 Å². The Kier molecular flexibility index (Phi) is 4.60. The van der Waals surface area contributed by atoms with Crippen LogP contribution in [0.3, 0.4) is 0 Å². The summed E-state index contributed by atoms with van der Waals surface area (Å²) in [5, 5.41) is 2.98. The average Bonchev–Trinajstić information content (AvgIpc) is 3.52. The number of hydrogen-bond acceptors (Lipinski definition) is 4. The topological polar surface area (TPSA) is 58.1 Å². The lowest BCUT2D eigenvalue weighted by molar-refractivity contribution is 0.0946. The quantitative estimate of drug-likeness (QED) is 0.741. The molecule has 4 rings (SSSR count). The van der Waals surface area contributed by atoms with Crippen LogP contribution in [0.15, 0.2) is 73.1 Å². The molecule has 1 aromatic heterocycles. The highest BCUT2D eigenvalue weighted by molar-refractivity contribution is 5.93. The van der Waals surface area contributed by atoms with Crippen LogP contribution >= 0.6 is 0 Å². The fourth-order valence-electron chi connectivity index (χ4n) is 2.78. The van der Waals surface area contributed by atoms with Crippen molar-refractivity contribution in [3.8, 4) is 0 Å². The Balaban J connectivity index is 1.66. The van der Waals surface area contributed by atoms with Gasteiger partial charge in [0, 0.05) is 24.3 Å². The van der Waals surface area contributed by atoms with Crippen LogP contribution in [-0.4, -0.2) is 21.9 Å². The Labute approximate surface area is 152 Å². The van der Waals surface area contributed by atoms with E-state index >= 15 is 0 Å². The molecule has 1 saturated carbocycles. The van der Waals surface area contributed by atoms with Gasteiger partial charge in [0.05, 0.1) is 0 Å². The van der Waals surface area contributed by atoms with Crippen LogP contribution in [0, 0.1) is 0 Å². The molecule has 0 unspecified atom stereocenters. The largest absolute Gasteiger partial charge is 0.348 e. The van der Waals surface area contributed by atoms with E-state index in [1.54, 1.807) is 6.07 Å². The molecule has 130 valence electrons. The molecule has 1 fully saturated rings. The highest BCUT2D eigenvalue weighted by atomic mass is 16.2. The number of para-hydroxylation sites is 1. The van der Waals surface area contributed by atoms with Crippen LogP contribution in [0.2, 0.25) is 0 Å². The first-order valence-corrected chi connectivity index (χ1v) is 8.79. The van der Waals surface area contributed by atoms with E-state index in [-0.39, 0.29) is 5.91 Å². The smallest absolute Gasteiger partial charge is 0.270 e. The number of amides is 1. The SMILES string of the molecule is O=C(NC1CC1)c1cc(N(Cc2ccccc2)c2ccccc2)ncn1. The maximum absolute atomic E-state index is 12.3. The number of aromatic nitrogens is 2. The van der Waals surface area contributed by atoms with Gasteiger partial charge in [0.25, 0.3) is 5.91 Å². The van der Waals surface area contributed by atoms with E-state index in [9.17, 15) is 4.79 Å². The van der Waals surface area contributed by atoms with Gasteiger partial charge in [0.2, 0.25) is 0 Å². The van der Waals surface area contributed by atoms with E-state index in [1.807, 2.05) is 48.5 Å². The lowest BCUT2D eigenvalue weighted by Crippen LogP contribution is -2.27. The van der Waals surface area contributed by atoms with Crippen molar-refractivity contribution < 1.29 is 4.79 Å². The summed E-state index contributed by atoms with van der Waals surface area (Å²) >= 11 is 0. The number of nitrogens with one attached hydrogen (secondary N) is 1. The van der Waals surface area contributed by atoms with Crippen molar-refractivity contribution >= 4 is 17.4 Å². The van der Waals surface area contributed by atoms with E-state index in [0.29, 0.717) is 24.1 Å². The Morgan fingerprint density at radius 3 is 2.38 bits per heavy atom. The second-order valence-electron chi connectivity index (χ2n) is 6.42. The first kappa shape index (κ1) is 16.3. The number of rotatable bonds is 6. The molecular formula is C21H20N4O. The molecule has 0 spiro atoms. The summed E-state index contributed by atoms with van der Waals surface area (Å²) in [7, 11) is 0. The molecule has 0 aliphatic heterocycles. The summed E-state index contributed by atoms with van der Waals surface area (Å²) in [4.78, 5) is 23.0. The van der Waals surface area contributed by atoms with Crippen molar-refractivity contribution in [2.24, 2.45) is 0 Å². The van der Waals surface area contributed by atoms with Gasteiger partial charge in [-0.15, -0.1) is 0 Å². The minimum Gasteiger partial charge on any atom is -0.348 e. The molecule has 2 aromatic carbocycles. The molecular weight excluding hydrogens is 324 g/mol. The van der Waals surface area contributed by atoms with Gasteiger partial charge in [0.1, 0.15) is 17.8 Å². The lowest BCUT2D eigenvalue weighted by atomic mass is 10.2. The summed E-state index contributed by atoms with van der Waals surface area (Å²) < 4.78 is 0. The molecule has 3 aromatic rings. The molecule has 0 bridgehead atoms. The molecule has 0 saturated heterocycles. The lowest BCUT2D eigenvalue weighted by Gasteiger charge is -2.24. The number of carbonyl (C=O) groups excluding carboxylic acids is 1. The van der Waals surface area contributed by atoms with Crippen molar-refractivity contribution in [2.75, 3.05) is 4.90 Å². The van der Waals surface area contributed by atoms with E-state index in [1.165, 1.54) is 11.9 Å². The minimum absolute atomic E-state index is 0.135. The van der Waals surface area contributed by atoms with Crippen molar-refractivity contribution in [3.63, 3.8) is 0 Å². The zero-order chi connectivity index (χ0) is 17.8. The maximum atomic E-state index is 12.3. The average molecular weight is 344 g/mol. The monoisotopic (exact) mass is 344 g/mol. The second-order valence-corrected chi connectivity index (χ2v) is 6.42. The molecule has 26 heavy (non-hydrogen) atoms. The standard InChI is InChI=1S/C21H20N4O/c26-21(24-17-11-12-17)19-13-20(23-15-22-19)25(18-9-5-2-6-10-18)14-16-7-3-1-4-8-16/h1-10,13,15,17H,11-12,14H2,(H,24,26). The summed E-state index contributed by atoms with van der Waals surface area (Å²) in [5.74, 6) is 0.569. The summed E-state index contributed by atoms with van der Waals surface area (Å²) in [5.41, 5.74) is 2.58. The fourth-order valence-corrected chi connectivity index (χ4v) is 2.78. The third-order valence-electron chi connectivity index (χ3n) is 4.33. The Morgan fingerprint density at radius 2 is 1.69 bits per heavy atom. The number of anilines is 2. The maximum Gasteiger partial charge on any atom is 0.270 e. The Hall–Kier alpha value is -3.21. The van der Waals surface area contributed by atoms with E-state index in [0.717, 1.165) is 18.5 Å². The van der Waals surface area contributed by atoms with Gasteiger partial charge in [-0.2, -0.15) is 0 Å². The van der Waals surface area contributed by atoms with Gasteiger partial charge in [-0.25, -0.2) is 9.97 Å². The minimum atomic E-state index is -0.135. The predicted molar refractivity (Wildman–Crippen MR) is 101 cm³/mol. The van der Waals surface area contributed by atoms with Crippen molar-refractivity contribution in [1.82, 2.24) is 15.3 Å². The molecule has 1 aliphatic carbocycles. The number of nitrogens with zero attached hydrogens (tertiary/aromatic N) is 3. The van der Waals surface area contributed by atoms with Gasteiger partial charge in [-0.3, -0.25) is 4.79 Å². The van der Waals surface area contributed by atoms with Gasteiger partial charge in [0.15, 0.2) is 0 Å². The number of carbonyl (C=O) groups is 1.